The highest BCUT2D eigenvalue weighted by molar-refractivity contribution is 6.47. The molecule has 10 nitrogen and oxygen atoms in total. The summed E-state index contributed by atoms with van der Waals surface area (Å²) in [5.74, 6) is -3.89. The van der Waals surface area contributed by atoms with E-state index in [1.165, 1.54) is 36.4 Å². The fourth-order valence-electron chi connectivity index (χ4n) is 3.72. The second-order valence-corrected chi connectivity index (χ2v) is 7.54. The van der Waals surface area contributed by atoms with E-state index in [1.807, 2.05) is 0 Å². The summed E-state index contributed by atoms with van der Waals surface area (Å²) in [5, 5.41) is 15.5. The lowest BCUT2D eigenvalue weighted by molar-refractivity contribution is -0.385. The molecule has 0 unspecified atom stereocenters. The number of anilines is 1. The van der Waals surface area contributed by atoms with Crippen LogP contribution >= 0.6 is 23.2 Å². The Morgan fingerprint density at radius 2 is 1.97 bits per heavy atom. The van der Waals surface area contributed by atoms with Gasteiger partial charge in [-0.2, -0.15) is 5.10 Å². The number of fused-ring (bicyclic) bond motifs is 1. The maximum Gasteiger partial charge on any atom is 0.355 e. The first-order valence-corrected chi connectivity index (χ1v) is 9.49. The van der Waals surface area contributed by atoms with Crippen molar-refractivity contribution in [1.29, 1.82) is 0 Å². The average molecular weight is 463 g/mol. The van der Waals surface area contributed by atoms with Crippen molar-refractivity contribution in [2.45, 2.75) is 5.54 Å². The summed E-state index contributed by atoms with van der Waals surface area (Å²) >= 11 is 12.0. The van der Waals surface area contributed by atoms with Gasteiger partial charge in [-0.3, -0.25) is 25.1 Å². The highest BCUT2D eigenvalue weighted by Gasteiger charge is 2.67. The van der Waals surface area contributed by atoms with Crippen LogP contribution in [0.15, 0.2) is 47.6 Å². The number of nitrogens with one attached hydrogen (secondary N) is 1. The molecule has 2 aliphatic heterocycles. The van der Waals surface area contributed by atoms with E-state index >= 15 is 0 Å². The molecule has 2 amide bonds. The number of imide groups is 1. The van der Waals surface area contributed by atoms with Gasteiger partial charge in [0.15, 0.2) is 11.3 Å². The second kappa shape index (κ2) is 7.33. The Balaban J connectivity index is 1.92. The first kappa shape index (κ1) is 20.8. The molecule has 0 radical (unpaired) electrons. The van der Waals surface area contributed by atoms with Crippen molar-refractivity contribution in [3.05, 3.63) is 68.2 Å². The van der Waals surface area contributed by atoms with Crippen LogP contribution in [0.4, 0.5) is 11.4 Å². The summed E-state index contributed by atoms with van der Waals surface area (Å²) in [6, 6.07) is 9.36. The number of nitro groups is 1. The Bertz CT molecular complexity index is 1200. The first-order chi connectivity index (χ1) is 14.7. The number of nitro benzene ring substituents is 1. The molecule has 0 saturated carbocycles. The number of esters is 1. The molecule has 12 heteroatoms. The Morgan fingerprint density at radius 1 is 1.23 bits per heavy atom. The summed E-state index contributed by atoms with van der Waals surface area (Å²) in [4.78, 5) is 50.8. The number of methoxy groups -OCH3 is 1. The number of ether oxygens (including phenoxy) is 1. The van der Waals surface area contributed by atoms with Crippen LogP contribution in [0, 0.1) is 16.0 Å². The number of nitrogens with zero attached hydrogens (tertiary/aromatic N) is 3. The lowest BCUT2D eigenvalue weighted by Crippen LogP contribution is -2.48. The summed E-state index contributed by atoms with van der Waals surface area (Å²) < 4.78 is 4.71. The van der Waals surface area contributed by atoms with E-state index in [4.69, 9.17) is 27.9 Å². The van der Waals surface area contributed by atoms with Gasteiger partial charge in [0.25, 0.3) is 11.6 Å². The predicted octanol–water partition coefficient (Wildman–Crippen LogP) is 2.42. The molecule has 158 valence electrons. The van der Waals surface area contributed by atoms with Gasteiger partial charge in [-0.15, -0.1) is 0 Å². The van der Waals surface area contributed by atoms with E-state index in [2.05, 4.69) is 10.5 Å². The number of hydrogen-bond acceptors (Lipinski definition) is 8. The predicted molar refractivity (Wildman–Crippen MR) is 110 cm³/mol. The van der Waals surface area contributed by atoms with Gasteiger partial charge in [0, 0.05) is 12.1 Å². The zero-order chi connectivity index (χ0) is 22.5. The molecule has 1 N–H and O–H groups in total. The third kappa shape index (κ3) is 2.94. The zero-order valence-corrected chi connectivity index (χ0v) is 17.2. The van der Waals surface area contributed by atoms with Gasteiger partial charge in [0.2, 0.25) is 5.91 Å². The van der Waals surface area contributed by atoms with Crippen molar-refractivity contribution in [3.63, 3.8) is 0 Å². The van der Waals surface area contributed by atoms with Crippen LogP contribution < -0.4 is 10.3 Å². The van der Waals surface area contributed by atoms with E-state index in [0.29, 0.717) is 0 Å². The minimum Gasteiger partial charge on any atom is -0.464 e. The second-order valence-electron chi connectivity index (χ2n) is 6.73. The Morgan fingerprint density at radius 3 is 2.61 bits per heavy atom. The van der Waals surface area contributed by atoms with Crippen LogP contribution in [0.5, 0.6) is 0 Å². The molecular weight excluding hydrogens is 451 g/mol. The molecule has 0 aromatic heterocycles. The van der Waals surface area contributed by atoms with Crippen LogP contribution in [0.3, 0.4) is 0 Å². The maximum absolute atomic E-state index is 13.6. The lowest BCUT2D eigenvalue weighted by Gasteiger charge is -2.26. The van der Waals surface area contributed by atoms with Crippen molar-refractivity contribution in [2.24, 2.45) is 11.0 Å². The van der Waals surface area contributed by atoms with E-state index in [9.17, 15) is 24.5 Å². The van der Waals surface area contributed by atoms with E-state index in [0.717, 1.165) is 18.1 Å². The Hall–Kier alpha value is -3.50. The van der Waals surface area contributed by atoms with Crippen LogP contribution in [0.25, 0.3) is 0 Å². The number of carbonyl (C=O) groups is 3. The lowest BCUT2D eigenvalue weighted by atomic mass is 9.78. The number of rotatable bonds is 4. The van der Waals surface area contributed by atoms with E-state index < -0.39 is 34.2 Å². The highest BCUT2D eigenvalue weighted by atomic mass is 35.5. The monoisotopic (exact) mass is 462 g/mol. The van der Waals surface area contributed by atoms with Gasteiger partial charge in [-0.1, -0.05) is 35.3 Å². The molecule has 2 atom stereocenters. The van der Waals surface area contributed by atoms with Gasteiger partial charge < -0.3 is 4.74 Å². The SMILES string of the molecule is COC(=O)C1=NN[C@@]2(c3cccc([N+](=O)[O-])c3)C(=O)N(c3ccc(Cl)c(Cl)c3)C(=O)[C@@H]12. The van der Waals surface area contributed by atoms with Gasteiger partial charge >= 0.3 is 5.97 Å². The van der Waals surface area contributed by atoms with Gasteiger partial charge in [-0.05, 0) is 23.8 Å². The molecule has 0 bridgehead atoms. The number of halogens is 2. The van der Waals surface area contributed by atoms with E-state index in [-0.39, 0.29) is 32.7 Å². The maximum atomic E-state index is 13.6. The summed E-state index contributed by atoms with van der Waals surface area (Å²) in [6.07, 6.45) is 0. The molecule has 2 heterocycles. The normalized spacial score (nSPS) is 22.1. The molecule has 4 rings (SSSR count). The molecule has 2 aromatic rings. The van der Waals surface area contributed by atoms with Crippen molar-refractivity contribution < 1.29 is 24.0 Å². The van der Waals surface area contributed by atoms with Crippen molar-refractivity contribution in [2.75, 3.05) is 12.0 Å². The van der Waals surface area contributed by atoms with Gasteiger partial charge in [-0.25, -0.2) is 9.69 Å². The van der Waals surface area contributed by atoms with Crippen molar-refractivity contribution >= 4 is 58.1 Å². The highest BCUT2D eigenvalue weighted by Crippen LogP contribution is 2.46. The summed E-state index contributed by atoms with van der Waals surface area (Å²) in [6.45, 7) is 0. The molecule has 2 aromatic carbocycles. The fourth-order valence-corrected chi connectivity index (χ4v) is 4.01. The van der Waals surface area contributed by atoms with Gasteiger partial charge in [0.05, 0.1) is 27.8 Å². The number of hydrazone groups is 1. The van der Waals surface area contributed by atoms with Crippen LogP contribution in [-0.2, 0) is 24.7 Å². The fraction of sp³-hybridized carbons (Fsp3) is 0.158. The van der Waals surface area contributed by atoms with Crippen molar-refractivity contribution in [1.82, 2.24) is 5.43 Å². The topological polar surface area (TPSA) is 131 Å². The van der Waals surface area contributed by atoms with Gasteiger partial charge in [0.1, 0.15) is 5.92 Å². The minimum atomic E-state index is -1.88. The molecular formula is C19H12Cl2N4O6. The molecule has 2 aliphatic rings. The molecule has 0 aliphatic carbocycles. The van der Waals surface area contributed by atoms with Crippen LogP contribution in [0.2, 0.25) is 10.0 Å². The van der Waals surface area contributed by atoms with E-state index in [1.54, 1.807) is 0 Å². The standard InChI is InChI=1S/C19H12Cl2N4O6/c1-31-17(27)15-14-16(26)24(10-5-6-12(20)13(21)8-10)18(28)19(14,23-22-15)9-3-2-4-11(7-9)25(29)30/h2-8,14,23H,1H3/t14-,19-/m1/s1. The van der Waals surface area contributed by atoms with Crippen LogP contribution in [0.1, 0.15) is 5.56 Å². The number of benzene rings is 2. The largest absolute Gasteiger partial charge is 0.464 e. The quantitative estimate of drug-likeness (QED) is 0.319. The minimum absolute atomic E-state index is 0.0928. The first-order valence-electron chi connectivity index (χ1n) is 8.73. The number of carbonyl (C=O) groups excluding carboxylic acids is 3. The third-order valence-electron chi connectivity index (χ3n) is 5.14. The Labute approximate surface area is 184 Å². The number of non-ortho nitro benzene ring substituents is 1. The number of amides is 2. The molecule has 0 spiro atoms. The van der Waals surface area contributed by atoms with Crippen LogP contribution in [-0.4, -0.2) is 35.5 Å². The molecule has 1 fully saturated rings. The number of hydrogen-bond donors (Lipinski definition) is 1. The van der Waals surface area contributed by atoms with Crippen molar-refractivity contribution in [3.8, 4) is 0 Å². The average Bonchev–Trinajstić information content (AvgIpc) is 3.26. The summed E-state index contributed by atoms with van der Waals surface area (Å²) in [7, 11) is 1.11. The molecule has 1 saturated heterocycles. The Kier molecular flexibility index (Phi) is 4.91. The third-order valence-corrected chi connectivity index (χ3v) is 5.87. The zero-order valence-electron chi connectivity index (χ0n) is 15.7. The smallest absolute Gasteiger partial charge is 0.355 e. The molecule has 31 heavy (non-hydrogen) atoms. The summed E-state index contributed by atoms with van der Waals surface area (Å²) in [5.41, 5.74) is 0.293.